The summed E-state index contributed by atoms with van der Waals surface area (Å²) >= 11 is 0. The van der Waals surface area contributed by atoms with Gasteiger partial charge < -0.3 is 14.8 Å². The summed E-state index contributed by atoms with van der Waals surface area (Å²) in [7, 11) is 0. The van der Waals surface area contributed by atoms with E-state index < -0.39 is 5.82 Å². The molecular weight excluding hydrogens is 373 g/mol. The first kappa shape index (κ1) is 18.9. The van der Waals surface area contributed by atoms with E-state index in [1.807, 2.05) is 19.1 Å². The predicted molar refractivity (Wildman–Crippen MR) is 106 cm³/mol. The highest BCUT2D eigenvalue weighted by Gasteiger charge is 2.25. The van der Waals surface area contributed by atoms with Gasteiger partial charge in [0, 0.05) is 37.9 Å². The Kier molecular flexibility index (Phi) is 5.16. The van der Waals surface area contributed by atoms with Crippen LogP contribution < -0.4 is 5.32 Å². The fourth-order valence-electron chi connectivity index (χ4n) is 3.60. The number of hydrogen-bond donors (Lipinski definition) is 1. The minimum Gasteiger partial charge on any atom is -0.348 e. The molecule has 1 N–H and O–H groups in total. The minimum atomic E-state index is -0.433. The van der Waals surface area contributed by atoms with Crippen molar-refractivity contribution >= 4 is 11.8 Å². The van der Waals surface area contributed by atoms with Crippen LogP contribution in [-0.4, -0.2) is 50.2 Å². The zero-order chi connectivity index (χ0) is 20.4. The summed E-state index contributed by atoms with van der Waals surface area (Å²) in [5.41, 5.74) is 0.579. The number of amides is 2. The lowest BCUT2D eigenvalue weighted by Crippen LogP contribution is -2.42. The molecular formula is C21H22FN5O2. The van der Waals surface area contributed by atoms with E-state index in [0.717, 1.165) is 13.0 Å². The molecule has 2 aromatic heterocycles. The van der Waals surface area contributed by atoms with Gasteiger partial charge in [0.2, 0.25) is 5.91 Å². The molecule has 0 unspecified atom stereocenters. The van der Waals surface area contributed by atoms with Crippen LogP contribution in [0, 0.1) is 5.82 Å². The molecule has 1 aliphatic rings. The van der Waals surface area contributed by atoms with Crippen molar-refractivity contribution in [2.45, 2.75) is 25.8 Å². The van der Waals surface area contributed by atoms with E-state index >= 15 is 0 Å². The summed E-state index contributed by atoms with van der Waals surface area (Å²) in [4.78, 5) is 26.6. The third-order valence-electron chi connectivity index (χ3n) is 4.96. The molecule has 29 heavy (non-hydrogen) atoms. The molecule has 1 aromatic carbocycles. The number of carbonyl (C=O) groups excluding carboxylic acids is 2. The third-order valence-corrected chi connectivity index (χ3v) is 4.96. The topological polar surface area (TPSA) is 72.2 Å². The minimum absolute atomic E-state index is 0.117. The fourth-order valence-corrected chi connectivity index (χ4v) is 3.60. The maximum Gasteiger partial charge on any atom is 0.256 e. The molecule has 4 rings (SSSR count). The first-order valence-electron chi connectivity index (χ1n) is 9.59. The van der Waals surface area contributed by atoms with Gasteiger partial charge in [0.05, 0.1) is 6.20 Å². The van der Waals surface area contributed by atoms with Crippen LogP contribution in [-0.2, 0) is 4.79 Å². The van der Waals surface area contributed by atoms with E-state index in [2.05, 4.69) is 10.4 Å². The van der Waals surface area contributed by atoms with Crippen molar-refractivity contribution in [1.29, 1.82) is 0 Å². The molecule has 1 fully saturated rings. The van der Waals surface area contributed by atoms with Gasteiger partial charge in [-0.3, -0.25) is 9.59 Å². The molecule has 7 nitrogen and oxygen atoms in total. The molecule has 0 aliphatic carbocycles. The number of para-hydroxylation sites is 1. The Morgan fingerprint density at radius 2 is 2.00 bits per heavy atom. The first-order valence-corrected chi connectivity index (χ1v) is 9.59. The highest BCUT2D eigenvalue weighted by atomic mass is 19.1. The summed E-state index contributed by atoms with van der Waals surface area (Å²) in [6, 6.07) is 9.70. The van der Waals surface area contributed by atoms with Crippen molar-refractivity contribution < 1.29 is 14.0 Å². The lowest BCUT2D eigenvalue weighted by Gasteiger charge is -2.21. The molecule has 0 saturated carbocycles. The summed E-state index contributed by atoms with van der Waals surface area (Å²) in [5, 5.41) is 7.21. The molecule has 1 aliphatic heterocycles. The first-order chi connectivity index (χ1) is 14.0. The molecule has 2 amide bonds. The molecule has 3 heterocycles. The summed E-state index contributed by atoms with van der Waals surface area (Å²) in [5.74, 6) is -0.194. The summed E-state index contributed by atoms with van der Waals surface area (Å²) in [6.07, 6.45) is 6.40. The summed E-state index contributed by atoms with van der Waals surface area (Å²) < 4.78 is 17.5. The molecule has 8 heteroatoms. The van der Waals surface area contributed by atoms with Gasteiger partial charge in [0.25, 0.3) is 5.91 Å². The number of nitrogens with zero attached hydrogens (tertiary/aromatic N) is 4. The predicted octanol–water partition coefficient (Wildman–Crippen LogP) is 2.54. The van der Waals surface area contributed by atoms with E-state index in [9.17, 15) is 14.0 Å². The number of benzene rings is 1. The van der Waals surface area contributed by atoms with E-state index in [1.54, 1.807) is 40.1 Å². The Hall–Kier alpha value is -3.42. The van der Waals surface area contributed by atoms with Gasteiger partial charge in [-0.2, -0.15) is 5.10 Å². The maximum atomic E-state index is 14.4. The van der Waals surface area contributed by atoms with Gasteiger partial charge in [-0.05, 0) is 37.6 Å². The van der Waals surface area contributed by atoms with E-state index in [0.29, 0.717) is 24.3 Å². The number of aromatic nitrogens is 3. The van der Waals surface area contributed by atoms with Gasteiger partial charge in [0.1, 0.15) is 17.1 Å². The number of hydrogen-bond acceptors (Lipinski definition) is 3. The van der Waals surface area contributed by atoms with Crippen molar-refractivity contribution in [3.63, 3.8) is 0 Å². The quantitative estimate of drug-likeness (QED) is 0.697. The molecule has 0 bridgehead atoms. The van der Waals surface area contributed by atoms with Crippen molar-refractivity contribution in [3.05, 3.63) is 66.4 Å². The maximum absolute atomic E-state index is 14.4. The Labute approximate surface area is 167 Å². The second-order valence-electron chi connectivity index (χ2n) is 7.15. The number of nitrogens with one attached hydrogen (secondary N) is 1. The molecule has 150 valence electrons. The van der Waals surface area contributed by atoms with Crippen molar-refractivity contribution in [1.82, 2.24) is 24.6 Å². The average molecular weight is 395 g/mol. The average Bonchev–Trinajstić information content (AvgIpc) is 3.43. The lowest BCUT2D eigenvalue weighted by molar-refractivity contribution is -0.127. The van der Waals surface area contributed by atoms with Gasteiger partial charge in [-0.25, -0.2) is 9.07 Å². The van der Waals surface area contributed by atoms with E-state index in [-0.39, 0.29) is 23.5 Å². The largest absolute Gasteiger partial charge is 0.348 e. The Balaban J connectivity index is 1.62. The van der Waals surface area contributed by atoms with Crippen molar-refractivity contribution in [2.24, 2.45) is 0 Å². The van der Waals surface area contributed by atoms with Crippen LogP contribution in [0.25, 0.3) is 11.5 Å². The zero-order valence-electron chi connectivity index (χ0n) is 16.1. The van der Waals surface area contributed by atoms with Crippen LogP contribution in [0.5, 0.6) is 0 Å². The van der Waals surface area contributed by atoms with Gasteiger partial charge in [0.15, 0.2) is 5.82 Å². The third kappa shape index (κ3) is 3.78. The molecule has 1 atom stereocenters. The van der Waals surface area contributed by atoms with Gasteiger partial charge in [-0.1, -0.05) is 12.1 Å². The van der Waals surface area contributed by atoms with E-state index in [4.69, 9.17) is 0 Å². The highest BCUT2D eigenvalue weighted by Crippen LogP contribution is 2.22. The molecule has 0 spiro atoms. The SMILES string of the molecule is C[C@@H](CN1CCCC1=O)NC(=O)c1cnn(-c2ccccc2F)c1-n1cccc1. The fraction of sp³-hybridized carbons (Fsp3) is 0.286. The van der Waals surface area contributed by atoms with Crippen LogP contribution in [0.1, 0.15) is 30.1 Å². The lowest BCUT2D eigenvalue weighted by atomic mass is 10.2. The monoisotopic (exact) mass is 395 g/mol. The van der Waals surface area contributed by atoms with Crippen LogP contribution in [0.15, 0.2) is 55.0 Å². The van der Waals surface area contributed by atoms with Crippen LogP contribution in [0.4, 0.5) is 4.39 Å². The van der Waals surface area contributed by atoms with Crippen LogP contribution in [0.3, 0.4) is 0 Å². The van der Waals surface area contributed by atoms with Crippen LogP contribution >= 0.6 is 0 Å². The number of carbonyl (C=O) groups is 2. The standard InChI is InChI=1S/C21H22FN5O2/c1-15(14-26-12-6-9-19(26)28)24-20(29)16-13-23-27(18-8-3-2-7-17(18)22)21(16)25-10-4-5-11-25/h2-5,7-8,10-11,13,15H,6,9,12,14H2,1H3,(H,24,29)/t15-/m0/s1. The van der Waals surface area contributed by atoms with Gasteiger partial charge >= 0.3 is 0 Å². The Morgan fingerprint density at radius 1 is 1.24 bits per heavy atom. The Morgan fingerprint density at radius 3 is 2.69 bits per heavy atom. The Bertz CT molecular complexity index is 1030. The molecule has 1 saturated heterocycles. The number of rotatable bonds is 6. The zero-order valence-corrected chi connectivity index (χ0v) is 16.1. The van der Waals surface area contributed by atoms with E-state index in [1.165, 1.54) is 16.9 Å². The van der Waals surface area contributed by atoms with Crippen LogP contribution in [0.2, 0.25) is 0 Å². The van der Waals surface area contributed by atoms with Gasteiger partial charge in [-0.15, -0.1) is 0 Å². The second-order valence-corrected chi connectivity index (χ2v) is 7.15. The highest BCUT2D eigenvalue weighted by molar-refractivity contribution is 5.97. The van der Waals surface area contributed by atoms with Crippen molar-refractivity contribution in [2.75, 3.05) is 13.1 Å². The summed E-state index contributed by atoms with van der Waals surface area (Å²) in [6.45, 7) is 3.05. The number of likely N-dealkylation sites (tertiary alicyclic amines) is 1. The normalized spacial score (nSPS) is 15.0. The number of halogens is 1. The smallest absolute Gasteiger partial charge is 0.256 e. The molecule has 0 radical (unpaired) electrons. The van der Waals surface area contributed by atoms with Crippen molar-refractivity contribution in [3.8, 4) is 11.5 Å². The molecule has 3 aromatic rings. The second kappa shape index (κ2) is 7.90.